The molecule has 0 bridgehead atoms. The minimum Gasteiger partial charge on any atom is -0.464 e. The largest absolute Gasteiger partial charge is 0.464 e. The molecule has 0 radical (unpaired) electrons. The molecule has 0 aliphatic heterocycles. The highest BCUT2D eigenvalue weighted by atomic mass is 19.3. The van der Waals surface area contributed by atoms with Gasteiger partial charge in [-0.25, -0.2) is 28.0 Å². The highest BCUT2D eigenvalue weighted by molar-refractivity contribution is 5.84. The zero-order chi connectivity index (χ0) is 34.4. The molecule has 2 aliphatic carbocycles. The van der Waals surface area contributed by atoms with Gasteiger partial charge in [0.25, 0.3) is 0 Å². The van der Waals surface area contributed by atoms with Crippen LogP contribution < -0.4 is 10.6 Å². The van der Waals surface area contributed by atoms with Crippen LogP contribution in [0.5, 0.6) is 0 Å². The lowest BCUT2D eigenvalue weighted by molar-refractivity contribution is -0.148. The Labute approximate surface area is 266 Å². The maximum Gasteiger partial charge on any atom is 0.408 e. The lowest BCUT2D eigenvalue weighted by Crippen LogP contribution is -2.49. The first-order chi connectivity index (χ1) is 20.8. The third-order valence-electron chi connectivity index (χ3n) is 7.07. The standard InChI is InChI=1S/C16H27F2NO4.C16H27NO5/c1-5-22-13(20)12(19-14(21)23-15(2,3)4)11-8-6-7-9-16(17,18)10-11;1-5-21-14(19)13(17-15(20)22-16(2,3)4)11-8-6-7-9-12(18)10-11/h11-12H,5-10H2,1-4H3,(H,19,21);11,13H,5-10H2,1-4H3,(H,17,20)/t11-,12-;11-,13-/m00/s1. The summed E-state index contributed by atoms with van der Waals surface area (Å²) in [5.74, 6) is -4.81. The lowest BCUT2D eigenvalue weighted by atomic mass is 9.90. The van der Waals surface area contributed by atoms with Gasteiger partial charge in [-0.2, -0.15) is 0 Å². The summed E-state index contributed by atoms with van der Waals surface area (Å²) in [7, 11) is 0. The molecule has 0 aromatic carbocycles. The van der Waals surface area contributed by atoms with Crippen LogP contribution in [0, 0.1) is 11.8 Å². The van der Waals surface area contributed by atoms with Crippen molar-refractivity contribution in [2.45, 2.75) is 149 Å². The van der Waals surface area contributed by atoms with Gasteiger partial charge in [-0.1, -0.05) is 12.8 Å². The molecule has 11 nitrogen and oxygen atoms in total. The van der Waals surface area contributed by atoms with E-state index in [4.69, 9.17) is 18.9 Å². The molecular formula is C32H54F2N2O9. The van der Waals surface area contributed by atoms with Crippen LogP contribution in [0.1, 0.15) is 120 Å². The van der Waals surface area contributed by atoms with Crippen LogP contribution in [0.4, 0.5) is 18.4 Å². The monoisotopic (exact) mass is 648 g/mol. The van der Waals surface area contributed by atoms with Crippen molar-refractivity contribution >= 4 is 29.9 Å². The Morgan fingerprint density at radius 3 is 1.69 bits per heavy atom. The summed E-state index contributed by atoms with van der Waals surface area (Å²) in [5.41, 5.74) is -1.39. The number of ketones is 1. The normalized spacial score (nSPS) is 21.7. The minimum atomic E-state index is -2.83. The zero-order valence-corrected chi connectivity index (χ0v) is 28.2. The van der Waals surface area contributed by atoms with E-state index in [9.17, 15) is 32.8 Å². The van der Waals surface area contributed by atoms with E-state index in [0.717, 1.165) is 12.8 Å². The quantitative estimate of drug-likeness (QED) is 0.177. The van der Waals surface area contributed by atoms with E-state index < -0.39 is 65.7 Å². The molecule has 0 aromatic rings. The van der Waals surface area contributed by atoms with Gasteiger partial charge in [-0.3, -0.25) is 4.79 Å². The van der Waals surface area contributed by atoms with Gasteiger partial charge in [0.1, 0.15) is 29.1 Å². The number of esters is 2. The van der Waals surface area contributed by atoms with E-state index in [1.54, 1.807) is 55.4 Å². The van der Waals surface area contributed by atoms with E-state index in [1.807, 2.05) is 0 Å². The predicted octanol–water partition coefficient (Wildman–Crippen LogP) is 6.25. The molecule has 0 saturated heterocycles. The van der Waals surface area contributed by atoms with Crippen molar-refractivity contribution in [2.24, 2.45) is 11.8 Å². The fourth-order valence-electron chi connectivity index (χ4n) is 5.24. The Balaban J connectivity index is 0.000000450. The van der Waals surface area contributed by atoms with Crippen LogP contribution >= 0.6 is 0 Å². The van der Waals surface area contributed by atoms with E-state index in [2.05, 4.69) is 10.6 Å². The van der Waals surface area contributed by atoms with Crippen LogP contribution in [0.25, 0.3) is 0 Å². The van der Waals surface area contributed by atoms with Crippen molar-refractivity contribution in [3.05, 3.63) is 0 Å². The maximum absolute atomic E-state index is 13.8. The third kappa shape index (κ3) is 16.8. The van der Waals surface area contributed by atoms with Gasteiger partial charge >= 0.3 is 24.1 Å². The molecule has 2 aliphatic rings. The van der Waals surface area contributed by atoms with Crippen LogP contribution in [0.2, 0.25) is 0 Å². The molecule has 13 heteroatoms. The van der Waals surface area contributed by atoms with Gasteiger partial charge in [0.15, 0.2) is 0 Å². The second-order valence-corrected chi connectivity index (χ2v) is 13.6. The topological polar surface area (TPSA) is 146 Å². The number of alkyl carbamates (subject to hydrolysis) is 2. The van der Waals surface area contributed by atoms with Crippen molar-refractivity contribution in [2.75, 3.05) is 13.2 Å². The summed E-state index contributed by atoms with van der Waals surface area (Å²) in [5, 5.41) is 5.01. The molecule has 0 spiro atoms. The smallest absolute Gasteiger partial charge is 0.408 e. The number of amides is 2. The summed E-state index contributed by atoms with van der Waals surface area (Å²) < 4.78 is 48.0. The molecular weight excluding hydrogens is 594 g/mol. The summed E-state index contributed by atoms with van der Waals surface area (Å²) in [6.07, 6.45) is 2.58. The first-order valence-electron chi connectivity index (χ1n) is 16.0. The number of ether oxygens (including phenoxy) is 4. The Morgan fingerprint density at radius 2 is 1.22 bits per heavy atom. The average Bonchev–Trinajstić information content (AvgIpc) is 3.20. The molecule has 0 unspecified atom stereocenters. The molecule has 2 rings (SSSR count). The third-order valence-corrected chi connectivity index (χ3v) is 7.07. The number of halogens is 2. The highest BCUT2D eigenvalue weighted by Gasteiger charge is 2.41. The van der Waals surface area contributed by atoms with E-state index in [1.165, 1.54) is 0 Å². The fraction of sp³-hybridized carbons (Fsp3) is 0.844. The van der Waals surface area contributed by atoms with Gasteiger partial charge in [-0.05, 0) is 92.9 Å². The highest BCUT2D eigenvalue weighted by Crippen LogP contribution is 2.37. The Kier molecular flexibility index (Phi) is 16.2. The van der Waals surface area contributed by atoms with Crippen LogP contribution in [0.3, 0.4) is 0 Å². The van der Waals surface area contributed by atoms with Crippen molar-refractivity contribution < 1.29 is 51.7 Å². The van der Waals surface area contributed by atoms with Crippen LogP contribution in [0.15, 0.2) is 0 Å². The van der Waals surface area contributed by atoms with Gasteiger partial charge < -0.3 is 29.6 Å². The van der Waals surface area contributed by atoms with E-state index in [-0.39, 0.29) is 31.3 Å². The lowest BCUT2D eigenvalue weighted by Gasteiger charge is -2.28. The zero-order valence-electron chi connectivity index (χ0n) is 28.2. The Morgan fingerprint density at radius 1 is 0.778 bits per heavy atom. The molecule has 260 valence electrons. The van der Waals surface area contributed by atoms with Crippen molar-refractivity contribution in [1.82, 2.24) is 10.6 Å². The summed E-state index contributed by atoms with van der Waals surface area (Å²) in [4.78, 5) is 60.0. The second kappa shape index (κ2) is 18.2. The van der Waals surface area contributed by atoms with Crippen molar-refractivity contribution in [3.63, 3.8) is 0 Å². The average molecular weight is 649 g/mol. The molecule has 2 N–H and O–H groups in total. The number of hydrogen-bond acceptors (Lipinski definition) is 9. The van der Waals surface area contributed by atoms with Crippen molar-refractivity contribution in [1.29, 1.82) is 0 Å². The van der Waals surface area contributed by atoms with Gasteiger partial charge in [-0.15, -0.1) is 0 Å². The SMILES string of the molecule is CCOC(=O)[C@@H](NC(=O)OC(C)(C)C)[C@H]1CCCCC(=O)C1.CCOC(=O)[C@@H](NC(=O)OC(C)(C)C)[C@H]1CCCCC(F)(F)C1. The van der Waals surface area contributed by atoms with E-state index >= 15 is 0 Å². The summed E-state index contributed by atoms with van der Waals surface area (Å²) >= 11 is 0. The van der Waals surface area contributed by atoms with Gasteiger partial charge in [0.05, 0.1) is 13.2 Å². The summed E-state index contributed by atoms with van der Waals surface area (Å²) in [6, 6.07) is -1.95. The molecule has 2 saturated carbocycles. The first-order valence-corrected chi connectivity index (χ1v) is 16.0. The first kappa shape index (κ1) is 40.0. The maximum atomic E-state index is 13.8. The number of Topliss-reactive ketones (excluding diaryl/α,β-unsaturated/α-hetero) is 1. The Hall–Kier alpha value is -2.99. The van der Waals surface area contributed by atoms with Crippen LogP contribution in [-0.4, -0.2) is 72.3 Å². The number of carbonyl (C=O) groups excluding carboxylic acids is 5. The predicted molar refractivity (Wildman–Crippen MR) is 163 cm³/mol. The van der Waals surface area contributed by atoms with Gasteiger partial charge in [0, 0.05) is 25.7 Å². The molecule has 2 amide bonds. The number of alkyl halides is 2. The number of rotatable bonds is 8. The summed E-state index contributed by atoms with van der Waals surface area (Å²) in [6.45, 7) is 14.0. The molecule has 45 heavy (non-hydrogen) atoms. The minimum absolute atomic E-state index is 0.119. The molecule has 4 atom stereocenters. The number of nitrogens with one attached hydrogen (secondary N) is 2. The number of hydrogen-bond donors (Lipinski definition) is 2. The molecule has 0 heterocycles. The molecule has 2 fully saturated rings. The van der Waals surface area contributed by atoms with Gasteiger partial charge in [0.2, 0.25) is 5.92 Å². The fourth-order valence-corrected chi connectivity index (χ4v) is 5.24. The number of carbonyl (C=O) groups is 5. The van der Waals surface area contributed by atoms with Crippen LogP contribution in [-0.2, 0) is 33.3 Å². The second-order valence-electron chi connectivity index (χ2n) is 13.6. The van der Waals surface area contributed by atoms with Crippen molar-refractivity contribution in [3.8, 4) is 0 Å². The molecule has 0 aromatic heterocycles. The van der Waals surface area contributed by atoms with E-state index in [0.29, 0.717) is 38.5 Å². The Bertz CT molecular complexity index is 992.